The molecule has 1 saturated carbocycles. The van der Waals surface area contributed by atoms with Crippen molar-refractivity contribution in [2.24, 2.45) is 5.92 Å². The molecule has 1 fully saturated rings. The van der Waals surface area contributed by atoms with Crippen molar-refractivity contribution in [3.05, 3.63) is 35.4 Å². The van der Waals surface area contributed by atoms with E-state index >= 15 is 0 Å². The van der Waals surface area contributed by atoms with Gasteiger partial charge in [-0.2, -0.15) is 0 Å². The normalized spacial score (nSPS) is 21.2. The third-order valence-corrected chi connectivity index (χ3v) is 5.83. The topological polar surface area (TPSA) is 67.4 Å². The monoisotopic (exact) mass is 386 g/mol. The molecule has 1 aromatic rings. The van der Waals surface area contributed by atoms with Crippen LogP contribution in [0.25, 0.3) is 0 Å². The zero-order valence-electron chi connectivity index (χ0n) is 17.6. The van der Waals surface area contributed by atoms with Crippen molar-refractivity contribution in [2.45, 2.75) is 83.3 Å². The van der Waals surface area contributed by atoms with E-state index < -0.39 is 17.2 Å². The van der Waals surface area contributed by atoms with Crippen LogP contribution < -0.4 is 10.6 Å². The molecule has 28 heavy (non-hydrogen) atoms. The Balaban J connectivity index is 1.58. The van der Waals surface area contributed by atoms with E-state index in [1.807, 2.05) is 27.7 Å². The number of aryl methyl sites for hydroxylation is 1. The van der Waals surface area contributed by atoms with Gasteiger partial charge in [0, 0.05) is 13.0 Å². The van der Waals surface area contributed by atoms with E-state index in [0.717, 1.165) is 32.1 Å². The molecular formula is C23H34N2O3. The highest BCUT2D eigenvalue weighted by Crippen LogP contribution is 2.40. The van der Waals surface area contributed by atoms with Crippen molar-refractivity contribution < 1.29 is 14.3 Å². The summed E-state index contributed by atoms with van der Waals surface area (Å²) in [6, 6.07) is 8.48. The summed E-state index contributed by atoms with van der Waals surface area (Å²) in [6.07, 6.45) is 5.53. The largest absolute Gasteiger partial charge is 0.444 e. The molecule has 0 heterocycles. The zero-order valence-corrected chi connectivity index (χ0v) is 17.6. The maximum absolute atomic E-state index is 12.9. The van der Waals surface area contributed by atoms with E-state index in [2.05, 4.69) is 34.9 Å². The van der Waals surface area contributed by atoms with Gasteiger partial charge < -0.3 is 15.4 Å². The van der Waals surface area contributed by atoms with Crippen molar-refractivity contribution in [1.29, 1.82) is 0 Å². The van der Waals surface area contributed by atoms with Crippen LogP contribution in [0.3, 0.4) is 0 Å². The number of fused-ring (bicyclic) bond motifs is 1. The van der Waals surface area contributed by atoms with Crippen LogP contribution in [0.5, 0.6) is 0 Å². The third-order valence-electron chi connectivity index (χ3n) is 5.83. The van der Waals surface area contributed by atoms with Crippen LogP contribution in [0.2, 0.25) is 0 Å². The first kappa shape index (κ1) is 20.7. The van der Waals surface area contributed by atoms with Crippen LogP contribution >= 0.6 is 0 Å². The number of nitrogens with one attached hydrogen (secondary N) is 2. The molecule has 2 aliphatic carbocycles. The number of carbonyl (C=O) groups excluding carboxylic acids is 2. The number of alkyl carbamates (subject to hydrolysis) is 1. The van der Waals surface area contributed by atoms with Crippen molar-refractivity contribution in [3.8, 4) is 0 Å². The van der Waals surface area contributed by atoms with Crippen LogP contribution in [0.15, 0.2) is 24.3 Å². The first-order valence-electron chi connectivity index (χ1n) is 10.5. The fourth-order valence-corrected chi connectivity index (χ4v) is 4.24. The van der Waals surface area contributed by atoms with Gasteiger partial charge in [0.25, 0.3) is 0 Å². The van der Waals surface area contributed by atoms with Crippen LogP contribution in [0.1, 0.15) is 76.8 Å². The van der Waals surface area contributed by atoms with Gasteiger partial charge in [0.1, 0.15) is 5.60 Å². The Labute approximate surface area is 168 Å². The highest BCUT2D eigenvalue weighted by Gasteiger charge is 2.43. The summed E-state index contributed by atoms with van der Waals surface area (Å²) in [5, 5.41) is 6.09. The van der Waals surface area contributed by atoms with E-state index in [1.54, 1.807) is 0 Å². The number of benzene rings is 1. The lowest BCUT2D eigenvalue weighted by atomic mass is 9.81. The second-order valence-corrected chi connectivity index (χ2v) is 9.59. The average molecular weight is 387 g/mol. The van der Waals surface area contributed by atoms with Gasteiger partial charge in [-0.1, -0.05) is 24.3 Å². The molecule has 0 bridgehead atoms. The van der Waals surface area contributed by atoms with Crippen molar-refractivity contribution in [2.75, 3.05) is 6.54 Å². The summed E-state index contributed by atoms with van der Waals surface area (Å²) in [7, 11) is 0. The molecule has 2 unspecified atom stereocenters. The van der Waals surface area contributed by atoms with Crippen LogP contribution in [-0.4, -0.2) is 29.7 Å². The number of ether oxygens (including phenoxy) is 1. The SMILES string of the molecule is CC(C)(C)OC(=O)NCC(C)(NC(=O)CC1CCCc2ccccc21)C1CC1. The van der Waals surface area contributed by atoms with Crippen LogP contribution in [0.4, 0.5) is 4.79 Å². The molecule has 0 aliphatic heterocycles. The summed E-state index contributed by atoms with van der Waals surface area (Å²) in [6.45, 7) is 7.96. The minimum atomic E-state index is -0.530. The van der Waals surface area contributed by atoms with Crippen molar-refractivity contribution in [3.63, 3.8) is 0 Å². The lowest BCUT2D eigenvalue weighted by Gasteiger charge is -2.33. The van der Waals surface area contributed by atoms with Gasteiger partial charge in [-0.05, 0) is 82.8 Å². The predicted molar refractivity (Wildman–Crippen MR) is 110 cm³/mol. The smallest absolute Gasteiger partial charge is 0.407 e. The van der Waals surface area contributed by atoms with E-state index in [0.29, 0.717) is 18.9 Å². The quantitative estimate of drug-likeness (QED) is 0.766. The number of hydrogen-bond acceptors (Lipinski definition) is 3. The Hall–Kier alpha value is -2.04. The molecule has 2 N–H and O–H groups in total. The standard InChI is InChI=1S/C23H34N2O3/c1-22(2,3)28-21(27)24-15-23(4,18-12-13-18)25-20(26)14-17-10-7-9-16-8-5-6-11-19(16)17/h5-6,8,11,17-18H,7,9-10,12-15H2,1-4H3,(H,24,27)(H,25,26). The first-order chi connectivity index (χ1) is 13.2. The lowest BCUT2D eigenvalue weighted by Crippen LogP contribution is -2.55. The Morgan fingerprint density at radius 1 is 1.11 bits per heavy atom. The van der Waals surface area contributed by atoms with Gasteiger partial charge in [-0.15, -0.1) is 0 Å². The number of carbonyl (C=O) groups is 2. The van der Waals surface area contributed by atoms with Crippen LogP contribution in [-0.2, 0) is 16.0 Å². The molecular weight excluding hydrogens is 352 g/mol. The van der Waals surface area contributed by atoms with Gasteiger partial charge in [0.15, 0.2) is 0 Å². The predicted octanol–water partition coefficient (Wildman–Crippen LogP) is 4.31. The highest BCUT2D eigenvalue weighted by molar-refractivity contribution is 5.78. The molecule has 3 rings (SSSR count). The van der Waals surface area contributed by atoms with Crippen molar-refractivity contribution >= 4 is 12.0 Å². The number of hydrogen-bond donors (Lipinski definition) is 2. The van der Waals surface area contributed by atoms with Crippen LogP contribution in [0, 0.1) is 5.92 Å². The third kappa shape index (κ3) is 5.49. The summed E-state index contributed by atoms with van der Waals surface area (Å²) in [4.78, 5) is 24.9. The first-order valence-corrected chi connectivity index (χ1v) is 10.5. The molecule has 0 spiro atoms. The highest BCUT2D eigenvalue weighted by atomic mass is 16.6. The summed E-state index contributed by atoms with van der Waals surface area (Å²) >= 11 is 0. The zero-order chi connectivity index (χ0) is 20.4. The molecule has 2 amide bonds. The van der Waals surface area contributed by atoms with E-state index in [4.69, 9.17) is 4.74 Å². The van der Waals surface area contributed by atoms with E-state index in [9.17, 15) is 9.59 Å². The molecule has 5 heteroatoms. The Bertz CT molecular complexity index is 721. The summed E-state index contributed by atoms with van der Waals surface area (Å²) < 4.78 is 5.34. The van der Waals surface area contributed by atoms with E-state index in [-0.39, 0.29) is 11.8 Å². The fraction of sp³-hybridized carbons (Fsp3) is 0.652. The maximum atomic E-state index is 12.9. The molecule has 1 aromatic carbocycles. The Morgan fingerprint density at radius 2 is 1.82 bits per heavy atom. The van der Waals surface area contributed by atoms with Gasteiger partial charge >= 0.3 is 6.09 Å². The second kappa shape index (κ2) is 8.14. The lowest BCUT2D eigenvalue weighted by molar-refractivity contribution is -0.123. The maximum Gasteiger partial charge on any atom is 0.407 e. The van der Waals surface area contributed by atoms with Crippen molar-refractivity contribution in [1.82, 2.24) is 10.6 Å². The van der Waals surface area contributed by atoms with Gasteiger partial charge in [-0.25, -0.2) is 4.79 Å². The second-order valence-electron chi connectivity index (χ2n) is 9.59. The number of amides is 2. The number of rotatable bonds is 6. The molecule has 2 aliphatic rings. The molecule has 154 valence electrons. The molecule has 5 nitrogen and oxygen atoms in total. The average Bonchev–Trinajstić information content (AvgIpc) is 3.44. The fourth-order valence-electron chi connectivity index (χ4n) is 4.24. The molecule has 2 atom stereocenters. The summed E-state index contributed by atoms with van der Waals surface area (Å²) in [5.41, 5.74) is 1.74. The van der Waals surface area contributed by atoms with E-state index in [1.165, 1.54) is 11.1 Å². The van der Waals surface area contributed by atoms with Gasteiger partial charge in [0.2, 0.25) is 5.91 Å². The minimum Gasteiger partial charge on any atom is -0.444 e. The van der Waals surface area contributed by atoms with Gasteiger partial charge in [0.05, 0.1) is 5.54 Å². The molecule has 0 radical (unpaired) electrons. The minimum absolute atomic E-state index is 0.0714. The summed E-state index contributed by atoms with van der Waals surface area (Å²) in [5.74, 6) is 0.763. The van der Waals surface area contributed by atoms with Gasteiger partial charge in [-0.3, -0.25) is 4.79 Å². The Morgan fingerprint density at radius 3 is 2.50 bits per heavy atom. The Kier molecular flexibility index (Phi) is 6.01. The molecule has 0 saturated heterocycles. The molecule has 0 aromatic heterocycles.